The first kappa shape index (κ1) is 12.9. The van der Waals surface area contributed by atoms with Crippen LogP contribution in [0.3, 0.4) is 0 Å². The van der Waals surface area contributed by atoms with Gasteiger partial charge < -0.3 is 4.98 Å². The molecule has 1 aromatic carbocycles. The Morgan fingerprint density at radius 3 is 3.10 bits per heavy atom. The largest absolute Gasteiger partial charge is 0.358 e. The minimum absolute atomic E-state index is 0.921. The fourth-order valence-electron chi connectivity index (χ4n) is 2.60. The maximum absolute atomic E-state index is 4.51. The number of H-pyrrole nitrogens is 1. The van der Waals surface area contributed by atoms with Gasteiger partial charge in [0.2, 0.25) is 0 Å². The first-order valence-electron chi connectivity index (χ1n) is 7.24. The molecule has 2 N–H and O–H groups in total. The Kier molecular flexibility index (Phi) is 3.81. The van der Waals surface area contributed by atoms with Gasteiger partial charge in [0, 0.05) is 35.1 Å². The molecule has 20 heavy (non-hydrogen) atoms. The summed E-state index contributed by atoms with van der Waals surface area (Å²) in [6.07, 6.45) is 6.55. The van der Waals surface area contributed by atoms with Crippen LogP contribution in [-0.2, 0) is 0 Å². The summed E-state index contributed by atoms with van der Waals surface area (Å²) in [5.74, 6) is 1.01. The van der Waals surface area contributed by atoms with Gasteiger partial charge in [0.15, 0.2) is 0 Å². The number of hydrogen-bond acceptors (Lipinski definition) is 3. The van der Waals surface area contributed by atoms with Crippen molar-refractivity contribution in [2.75, 3.05) is 6.54 Å². The Bertz CT molecular complexity index is 652. The van der Waals surface area contributed by atoms with Crippen LogP contribution in [0.4, 0.5) is 0 Å². The predicted molar refractivity (Wildman–Crippen MR) is 84.5 cm³/mol. The lowest BCUT2D eigenvalue weighted by Crippen LogP contribution is -2.17. The third-order valence-corrected chi connectivity index (χ3v) is 3.71. The number of amidine groups is 1. The number of aromatic amines is 1. The topological polar surface area (TPSA) is 52.5 Å². The molecule has 4 nitrogen and oxygen atoms in total. The fraction of sp³-hybridized carbons (Fsp3) is 0.375. The van der Waals surface area contributed by atoms with Gasteiger partial charge in [-0.15, -0.1) is 0 Å². The van der Waals surface area contributed by atoms with Crippen molar-refractivity contribution < 1.29 is 0 Å². The molecule has 2 aromatic rings. The van der Waals surface area contributed by atoms with Crippen LogP contribution < -0.4 is 5.43 Å². The van der Waals surface area contributed by atoms with Gasteiger partial charge in [-0.3, -0.25) is 10.4 Å². The van der Waals surface area contributed by atoms with Gasteiger partial charge in [-0.1, -0.05) is 24.6 Å². The van der Waals surface area contributed by atoms with Crippen molar-refractivity contribution >= 4 is 23.0 Å². The molecule has 2 heterocycles. The SMILES string of the molecule is Cc1[nH]c2ccccc2c1/C=N/NC1=NCCCCC1. The summed E-state index contributed by atoms with van der Waals surface area (Å²) < 4.78 is 0. The molecule has 3 rings (SSSR count). The maximum Gasteiger partial charge on any atom is 0.117 e. The van der Waals surface area contributed by atoms with Gasteiger partial charge in [-0.25, -0.2) is 0 Å². The van der Waals surface area contributed by atoms with E-state index < -0.39 is 0 Å². The molecule has 0 saturated heterocycles. The zero-order valence-corrected chi connectivity index (χ0v) is 11.8. The van der Waals surface area contributed by atoms with Crippen molar-refractivity contribution in [1.29, 1.82) is 0 Å². The summed E-state index contributed by atoms with van der Waals surface area (Å²) in [5, 5.41) is 5.57. The number of nitrogens with one attached hydrogen (secondary N) is 2. The monoisotopic (exact) mass is 268 g/mol. The quantitative estimate of drug-likeness (QED) is 0.636. The fourth-order valence-corrected chi connectivity index (χ4v) is 2.60. The highest BCUT2D eigenvalue weighted by atomic mass is 15.3. The number of aliphatic imine (C=N–C) groups is 1. The average molecular weight is 268 g/mol. The van der Waals surface area contributed by atoms with E-state index in [1.807, 2.05) is 12.3 Å². The molecule has 1 aliphatic rings. The first-order valence-corrected chi connectivity index (χ1v) is 7.24. The van der Waals surface area contributed by atoms with Crippen LogP contribution >= 0.6 is 0 Å². The van der Waals surface area contributed by atoms with Gasteiger partial charge in [-0.05, 0) is 25.8 Å². The molecular formula is C16H20N4. The lowest BCUT2D eigenvalue weighted by Gasteiger charge is -2.01. The van der Waals surface area contributed by atoms with E-state index in [2.05, 4.69) is 45.6 Å². The molecule has 1 aliphatic heterocycles. The minimum atomic E-state index is 0.921. The van der Waals surface area contributed by atoms with E-state index in [1.54, 1.807) is 0 Å². The Morgan fingerprint density at radius 2 is 2.15 bits per heavy atom. The lowest BCUT2D eigenvalue weighted by molar-refractivity contribution is 0.729. The van der Waals surface area contributed by atoms with Gasteiger partial charge in [0.05, 0.1) is 6.21 Å². The van der Waals surface area contributed by atoms with E-state index in [0.717, 1.165) is 35.6 Å². The number of rotatable bonds is 2. The molecule has 0 spiro atoms. The number of hydrogen-bond donors (Lipinski definition) is 2. The van der Waals surface area contributed by atoms with Crippen LogP contribution in [0.25, 0.3) is 10.9 Å². The highest BCUT2D eigenvalue weighted by molar-refractivity contribution is 6.00. The zero-order valence-electron chi connectivity index (χ0n) is 11.8. The standard InChI is InChI=1S/C16H20N4/c1-12-14(13-7-4-5-8-15(13)19-12)11-18-20-16-9-3-2-6-10-17-16/h4-5,7-8,11,19H,2-3,6,9-10H2,1H3,(H,17,20)/b18-11+. The molecule has 1 aromatic heterocycles. The van der Waals surface area contributed by atoms with Crippen LogP contribution in [0.1, 0.15) is 36.9 Å². The van der Waals surface area contributed by atoms with E-state index in [9.17, 15) is 0 Å². The van der Waals surface area contributed by atoms with Crippen LogP contribution in [0.5, 0.6) is 0 Å². The normalized spacial score (nSPS) is 16.4. The molecule has 0 bridgehead atoms. The molecular weight excluding hydrogens is 248 g/mol. The van der Waals surface area contributed by atoms with Crippen LogP contribution in [0.2, 0.25) is 0 Å². The second-order valence-corrected chi connectivity index (χ2v) is 5.22. The van der Waals surface area contributed by atoms with Crippen molar-refractivity contribution in [2.24, 2.45) is 10.1 Å². The molecule has 0 atom stereocenters. The predicted octanol–water partition coefficient (Wildman–Crippen LogP) is 3.37. The summed E-state index contributed by atoms with van der Waals surface area (Å²) >= 11 is 0. The maximum atomic E-state index is 4.51. The molecule has 0 unspecified atom stereocenters. The van der Waals surface area contributed by atoms with Gasteiger partial charge in [0.1, 0.15) is 5.84 Å². The third kappa shape index (κ3) is 2.74. The summed E-state index contributed by atoms with van der Waals surface area (Å²) in [7, 11) is 0. The van der Waals surface area contributed by atoms with Crippen molar-refractivity contribution in [1.82, 2.24) is 10.4 Å². The molecule has 0 saturated carbocycles. The molecule has 0 radical (unpaired) electrons. The van der Waals surface area contributed by atoms with Crippen molar-refractivity contribution in [3.63, 3.8) is 0 Å². The Balaban J connectivity index is 1.77. The van der Waals surface area contributed by atoms with E-state index in [1.165, 1.54) is 24.6 Å². The lowest BCUT2D eigenvalue weighted by atomic mass is 10.1. The third-order valence-electron chi connectivity index (χ3n) is 3.71. The molecule has 104 valence electrons. The number of hydrazone groups is 1. The Labute approximate surface area is 119 Å². The van der Waals surface area contributed by atoms with E-state index in [-0.39, 0.29) is 0 Å². The summed E-state index contributed by atoms with van der Waals surface area (Å²) in [6.45, 7) is 2.99. The summed E-state index contributed by atoms with van der Waals surface area (Å²) in [5.41, 5.74) is 6.53. The number of nitrogens with zero attached hydrogens (tertiary/aromatic N) is 2. The number of aromatic nitrogens is 1. The Morgan fingerprint density at radius 1 is 1.25 bits per heavy atom. The van der Waals surface area contributed by atoms with Crippen LogP contribution in [-0.4, -0.2) is 23.6 Å². The number of aryl methyl sites for hydroxylation is 1. The molecule has 0 fully saturated rings. The highest BCUT2D eigenvalue weighted by Crippen LogP contribution is 2.19. The first-order chi connectivity index (χ1) is 9.84. The second kappa shape index (κ2) is 5.90. The van der Waals surface area contributed by atoms with Gasteiger partial charge in [-0.2, -0.15) is 5.10 Å². The average Bonchev–Trinajstić information content (AvgIpc) is 2.65. The van der Waals surface area contributed by atoms with Crippen molar-refractivity contribution in [3.8, 4) is 0 Å². The van der Waals surface area contributed by atoms with Crippen molar-refractivity contribution in [2.45, 2.75) is 32.6 Å². The highest BCUT2D eigenvalue weighted by Gasteiger charge is 2.06. The Hall–Kier alpha value is -2.10. The number of fused-ring (bicyclic) bond motifs is 1. The zero-order chi connectivity index (χ0) is 13.8. The second-order valence-electron chi connectivity index (χ2n) is 5.22. The number of para-hydroxylation sites is 1. The van der Waals surface area contributed by atoms with Crippen LogP contribution in [0.15, 0.2) is 34.4 Å². The van der Waals surface area contributed by atoms with E-state index in [4.69, 9.17) is 0 Å². The van der Waals surface area contributed by atoms with Gasteiger partial charge >= 0.3 is 0 Å². The van der Waals surface area contributed by atoms with E-state index >= 15 is 0 Å². The summed E-state index contributed by atoms with van der Waals surface area (Å²) in [4.78, 5) is 7.89. The summed E-state index contributed by atoms with van der Waals surface area (Å²) in [6, 6.07) is 8.29. The number of benzene rings is 1. The van der Waals surface area contributed by atoms with Gasteiger partial charge in [0.25, 0.3) is 0 Å². The molecule has 0 aliphatic carbocycles. The van der Waals surface area contributed by atoms with Crippen LogP contribution in [0, 0.1) is 6.92 Å². The van der Waals surface area contributed by atoms with E-state index in [0.29, 0.717) is 0 Å². The molecule has 4 heteroatoms. The minimum Gasteiger partial charge on any atom is -0.358 e. The molecule has 0 amide bonds. The smallest absolute Gasteiger partial charge is 0.117 e. The van der Waals surface area contributed by atoms with Crippen molar-refractivity contribution in [3.05, 3.63) is 35.5 Å².